The van der Waals surface area contributed by atoms with Gasteiger partial charge in [0.15, 0.2) is 0 Å². The fraction of sp³-hybridized carbons (Fsp3) is 0.818. The van der Waals surface area contributed by atoms with Crippen LogP contribution in [-0.4, -0.2) is 268 Å². The molecule has 21 heteroatoms. The van der Waals surface area contributed by atoms with Crippen LogP contribution in [0, 0.1) is 0 Å². The molecule has 0 unspecified atom stereocenters. The third kappa shape index (κ3) is 17.5. The summed E-state index contributed by atoms with van der Waals surface area (Å²) in [6.07, 6.45) is 0.759. The van der Waals surface area contributed by atoms with Crippen LogP contribution in [0.15, 0.2) is 0 Å². The molecular weight excluding hydrogens is 708 g/mol. The highest BCUT2D eigenvalue weighted by molar-refractivity contribution is 5.77. The zero-order chi connectivity index (χ0) is 39.1. The van der Waals surface area contributed by atoms with Gasteiger partial charge < -0.3 is 61.1 Å². The molecule has 0 aromatic rings. The molecule has 0 atom stereocenters. The Bertz CT molecular complexity index is 1180. The Kier molecular flexibility index (Phi) is 20.8. The maximum absolute atomic E-state index is 12.1. The predicted octanol–water partition coefficient (Wildman–Crippen LogP) is -4.55. The van der Waals surface area contributed by atoms with Crippen LogP contribution in [0.1, 0.15) is 0 Å². The van der Waals surface area contributed by atoms with E-state index in [-0.39, 0.29) is 31.7 Å². The molecule has 5 amide bonds. The predicted molar refractivity (Wildman–Crippen MR) is 198 cm³/mol. The Labute approximate surface area is 317 Å². The standard InChI is InChI=1S/C12H20N4O4.C11H20N4O3.C10H22N4O2/c17-10-14-2-1-13(9-11(18)19)3-5-15-7-8-16(6-4-14)12(15)20;16-10(17)9-13-3-1-12-2-4-14-7-8-15(6-5-13)11(14)18;15-10(16)9-14-7-5-12-3-1-11-2-4-13-6-8-14/h10H,1-9H2,(H,18,19);12H,1-9H2,(H,16,17);11-13H,1-9H2,(H,15,16). The summed E-state index contributed by atoms with van der Waals surface area (Å²) in [6, 6.07) is 0.0574. The van der Waals surface area contributed by atoms with E-state index in [4.69, 9.17) is 15.3 Å². The second-order valence-corrected chi connectivity index (χ2v) is 13.7. The van der Waals surface area contributed by atoms with Crippen LogP contribution in [0.4, 0.5) is 9.59 Å². The monoisotopic (exact) mass is 770 g/mol. The van der Waals surface area contributed by atoms with Gasteiger partial charge in [0, 0.05) is 157 Å². The van der Waals surface area contributed by atoms with E-state index < -0.39 is 17.9 Å². The molecule has 21 nitrogen and oxygen atoms in total. The summed E-state index contributed by atoms with van der Waals surface area (Å²) in [5, 5.41) is 39.6. The first-order valence-electron chi connectivity index (χ1n) is 19.0. The van der Waals surface area contributed by atoms with Gasteiger partial charge in [0.2, 0.25) is 6.41 Å². The first-order valence-corrected chi connectivity index (χ1v) is 19.0. The molecular formula is C33H62N12O9. The van der Waals surface area contributed by atoms with Gasteiger partial charge in [-0.3, -0.25) is 33.9 Å². The van der Waals surface area contributed by atoms with E-state index in [0.29, 0.717) is 72.0 Å². The summed E-state index contributed by atoms with van der Waals surface area (Å²) in [7, 11) is 0. The zero-order valence-electron chi connectivity index (χ0n) is 31.5. The minimum Gasteiger partial charge on any atom is -0.480 e. The highest BCUT2D eigenvalue weighted by Crippen LogP contribution is 2.10. The lowest BCUT2D eigenvalue weighted by molar-refractivity contribution is -0.139. The highest BCUT2D eigenvalue weighted by atomic mass is 16.4. The first kappa shape index (κ1) is 44.5. The maximum atomic E-state index is 12.1. The molecule has 5 heterocycles. The number of carbonyl (C=O) groups excluding carboxylic acids is 3. The molecule has 0 spiro atoms. The largest absolute Gasteiger partial charge is 0.480 e. The Morgan fingerprint density at radius 3 is 1.13 bits per heavy atom. The summed E-state index contributed by atoms with van der Waals surface area (Å²) in [6.45, 7) is 17.2. The molecule has 0 aromatic heterocycles. The van der Waals surface area contributed by atoms with Crippen LogP contribution in [0.2, 0.25) is 0 Å². The minimum absolute atomic E-state index is 0.0203. The van der Waals surface area contributed by atoms with Crippen LogP contribution in [-0.2, 0) is 19.2 Å². The number of amides is 5. The number of rotatable bonds is 7. The molecule has 5 fully saturated rings. The molecule has 54 heavy (non-hydrogen) atoms. The number of fused-ring (bicyclic) bond motifs is 4. The molecule has 0 radical (unpaired) electrons. The molecule has 5 rings (SSSR count). The Hall–Kier alpha value is -3.86. The first-order chi connectivity index (χ1) is 26.0. The smallest absolute Gasteiger partial charge is 0.320 e. The van der Waals surface area contributed by atoms with E-state index in [2.05, 4.69) is 21.3 Å². The molecule has 5 saturated heterocycles. The van der Waals surface area contributed by atoms with Crippen LogP contribution < -0.4 is 21.3 Å². The normalized spacial score (nSPS) is 22.3. The summed E-state index contributed by atoms with van der Waals surface area (Å²) < 4.78 is 0. The molecule has 5 aliphatic rings. The summed E-state index contributed by atoms with van der Waals surface area (Å²) >= 11 is 0. The quantitative estimate of drug-likeness (QED) is 0.121. The molecule has 0 aromatic carbocycles. The SMILES string of the molecule is O=C(O)CN1CCNCCN2CCN(CC1)C2=O.O=C(O)CN1CCNCCNCCNCC1.O=CN1CCN(CC(=O)O)CCN2CCN(CC1)C2=O. The van der Waals surface area contributed by atoms with E-state index in [1.165, 1.54) is 0 Å². The second kappa shape index (κ2) is 25.3. The van der Waals surface area contributed by atoms with Crippen molar-refractivity contribution in [1.29, 1.82) is 0 Å². The van der Waals surface area contributed by atoms with Gasteiger partial charge in [0.05, 0.1) is 19.6 Å². The molecule has 308 valence electrons. The van der Waals surface area contributed by atoms with Gasteiger partial charge in [-0.05, 0) is 0 Å². The minimum atomic E-state index is -0.896. The third-order valence-corrected chi connectivity index (χ3v) is 9.65. The van der Waals surface area contributed by atoms with Gasteiger partial charge in [0.1, 0.15) is 0 Å². The number of carbonyl (C=O) groups is 6. The van der Waals surface area contributed by atoms with Crippen molar-refractivity contribution in [3.8, 4) is 0 Å². The lowest BCUT2D eigenvalue weighted by Gasteiger charge is -2.25. The Balaban J connectivity index is 0.000000219. The second-order valence-electron chi connectivity index (χ2n) is 13.7. The van der Waals surface area contributed by atoms with Crippen molar-refractivity contribution >= 4 is 36.4 Å². The van der Waals surface area contributed by atoms with Crippen molar-refractivity contribution in [2.45, 2.75) is 0 Å². The number of carboxylic acid groups (broad SMARTS) is 3. The van der Waals surface area contributed by atoms with Crippen molar-refractivity contribution in [2.75, 3.05) is 177 Å². The number of nitrogens with one attached hydrogen (secondary N) is 4. The number of carboxylic acids is 3. The van der Waals surface area contributed by atoms with Crippen LogP contribution in [0.5, 0.6) is 0 Å². The topological polar surface area (TPSA) is 237 Å². The van der Waals surface area contributed by atoms with E-state index in [9.17, 15) is 28.8 Å². The molecule has 7 N–H and O–H groups in total. The van der Waals surface area contributed by atoms with Gasteiger partial charge >= 0.3 is 30.0 Å². The summed E-state index contributed by atoms with van der Waals surface area (Å²) in [4.78, 5) is 81.6. The third-order valence-electron chi connectivity index (χ3n) is 9.65. The number of hydrogen-bond donors (Lipinski definition) is 7. The fourth-order valence-electron chi connectivity index (χ4n) is 6.52. The number of aliphatic carboxylic acids is 3. The van der Waals surface area contributed by atoms with E-state index >= 15 is 0 Å². The van der Waals surface area contributed by atoms with Gasteiger partial charge in [0.25, 0.3) is 0 Å². The van der Waals surface area contributed by atoms with Gasteiger partial charge in [-0.15, -0.1) is 0 Å². The van der Waals surface area contributed by atoms with Crippen LogP contribution >= 0.6 is 0 Å². The van der Waals surface area contributed by atoms with Crippen LogP contribution in [0.25, 0.3) is 0 Å². The maximum Gasteiger partial charge on any atom is 0.320 e. The fourth-order valence-corrected chi connectivity index (χ4v) is 6.52. The van der Waals surface area contributed by atoms with Gasteiger partial charge in [-0.25, -0.2) is 9.59 Å². The van der Waals surface area contributed by atoms with Crippen molar-refractivity contribution < 1.29 is 44.1 Å². The van der Waals surface area contributed by atoms with Crippen molar-refractivity contribution in [3.05, 3.63) is 0 Å². The van der Waals surface area contributed by atoms with Crippen molar-refractivity contribution in [1.82, 2.24) is 60.5 Å². The Morgan fingerprint density at radius 1 is 0.426 bits per heavy atom. The average Bonchev–Trinajstić information content (AvgIpc) is 3.64. The molecule has 0 saturated carbocycles. The molecule has 0 aliphatic carbocycles. The average molecular weight is 771 g/mol. The summed E-state index contributed by atoms with van der Waals surface area (Å²) in [5.41, 5.74) is 0. The van der Waals surface area contributed by atoms with Crippen molar-refractivity contribution in [2.24, 2.45) is 0 Å². The molecule has 4 bridgehead atoms. The Morgan fingerprint density at radius 2 is 0.704 bits per heavy atom. The lowest BCUT2D eigenvalue weighted by atomic mass is 10.4. The van der Waals surface area contributed by atoms with Gasteiger partial charge in [-0.1, -0.05) is 0 Å². The lowest BCUT2D eigenvalue weighted by Crippen LogP contribution is -2.43. The van der Waals surface area contributed by atoms with Crippen LogP contribution in [0.3, 0.4) is 0 Å². The highest BCUT2D eigenvalue weighted by Gasteiger charge is 2.30. The molecule has 5 aliphatic heterocycles. The van der Waals surface area contributed by atoms with E-state index in [1.54, 1.807) is 24.5 Å². The number of nitrogens with zero attached hydrogens (tertiary/aromatic N) is 8. The van der Waals surface area contributed by atoms with Gasteiger partial charge in [-0.2, -0.15) is 0 Å². The van der Waals surface area contributed by atoms with Crippen molar-refractivity contribution in [3.63, 3.8) is 0 Å². The number of urea groups is 2. The zero-order valence-corrected chi connectivity index (χ0v) is 31.5. The van der Waals surface area contributed by atoms with E-state index in [1.807, 2.05) is 14.7 Å². The summed E-state index contributed by atoms with van der Waals surface area (Å²) in [5.74, 6) is -2.47. The van der Waals surface area contributed by atoms with E-state index in [0.717, 1.165) is 91.5 Å². The number of hydrogen-bond acceptors (Lipinski definition) is 13.